The maximum Gasteiger partial charge on any atom is 0.315 e. The van der Waals surface area contributed by atoms with Crippen LogP contribution in [0.1, 0.15) is 0 Å². The van der Waals surface area contributed by atoms with Crippen molar-refractivity contribution in [1.82, 2.24) is 9.88 Å². The first-order valence-electron chi connectivity index (χ1n) is 7.66. The Morgan fingerprint density at radius 1 is 1.00 bits per heavy atom. The number of benzene rings is 1. The predicted octanol–water partition coefficient (Wildman–Crippen LogP) is 1.51. The number of carbonyl (C=O) groups is 2. The lowest BCUT2D eigenvalue weighted by Gasteiger charge is -2.35. The molecule has 0 atom stereocenters. The third kappa shape index (κ3) is 3.51. The number of nitrogens with zero attached hydrogens (tertiary/aromatic N) is 3. The van der Waals surface area contributed by atoms with Gasteiger partial charge in [0.1, 0.15) is 11.6 Å². The smallest absolute Gasteiger partial charge is 0.315 e. The summed E-state index contributed by atoms with van der Waals surface area (Å²) in [5.41, 5.74) is 0.516. The second-order valence-electron chi connectivity index (χ2n) is 5.40. The molecule has 6 nitrogen and oxygen atoms in total. The fourth-order valence-electron chi connectivity index (χ4n) is 2.61. The van der Waals surface area contributed by atoms with Gasteiger partial charge >= 0.3 is 11.8 Å². The van der Waals surface area contributed by atoms with Crippen molar-refractivity contribution in [2.45, 2.75) is 0 Å². The van der Waals surface area contributed by atoms with E-state index >= 15 is 0 Å². The minimum Gasteiger partial charge on any atom is -0.366 e. The zero-order valence-corrected chi connectivity index (χ0v) is 13.0. The molecule has 24 heavy (non-hydrogen) atoms. The molecule has 3 rings (SSSR count). The van der Waals surface area contributed by atoms with Crippen molar-refractivity contribution in [1.29, 1.82) is 0 Å². The van der Waals surface area contributed by atoms with Crippen LogP contribution in [0.4, 0.5) is 15.9 Å². The van der Waals surface area contributed by atoms with E-state index in [-0.39, 0.29) is 5.82 Å². The summed E-state index contributed by atoms with van der Waals surface area (Å²) in [6.07, 6.45) is 1.53. The molecule has 2 heterocycles. The highest BCUT2D eigenvalue weighted by molar-refractivity contribution is 6.39. The zero-order valence-electron chi connectivity index (χ0n) is 13.0. The van der Waals surface area contributed by atoms with Crippen LogP contribution < -0.4 is 10.2 Å². The first-order chi connectivity index (χ1) is 11.6. The Bertz CT molecular complexity index is 730. The first kappa shape index (κ1) is 15.9. The quantitative estimate of drug-likeness (QED) is 0.849. The van der Waals surface area contributed by atoms with Crippen molar-refractivity contribution in [3.05, 3.63) is 54.5 Å². The van der Waals surface area contributed by atoms with Gasteiger partial charge in [-0.15, -0.1) is 0 Å². The molecule has 2 amide bonds. The molecule has 1 fully saturated rings. The molecule has 1 aromatic heterocycles. The van der Waals surface area contributed by atoms with E-state index in [9.17, 15) is 14.0 Å². The number of hydrogen-bond acceptors (Lipinski definition) is 4. The van der Waals surface area contributed by atoms with Crippen LogP contribution in [0.2, 0.25) is 0 Å². The van der Waals surface area contributed by atoms with Crippen molar-refractivity contribution in [3.8, 4) is 0 Å². The summed E-state index contributed by atoms with van der Waals surface area (Å²) in [5.74, 6) is -1.27. The summed E-state index contributed by atoms with van der Waals surface area (Å²) in [5, 5.41) is 2.48. The first-order valence-corrected chi connectivity index (χ1v) is 7.66. The van der Waals surface area contributed by atoms with Crippen LogP contribution in [0.25, 0.3) is 0 Å². The third-order valence-corrected chi connectivity index (χ3v) is 3.86. The minimum absolute atomic E-state index is 0.287. The van der Waals surface area contributed by atoms with E-state index < -0.39 is 11.8 Å². The topological polar surface area (TPSA) is 65.5 Å². The van der Waals surface area contributed by atoms with Gasteiger partial charge in [0.05, 0.1) is 5.69 Å². The molecule has 124 valence electrons. The zero-order chi connectivity index (χ0) is 16.9. The second-order valence-corrected chi connectivity index (χ2v) is 5.40. The predicted molar refractivity (Wildman–Crippen MR) is 88.1 cm³/mol. The van der Waals surface area contributed by atoms with E-state index in [4.69, 9.17) is 0 Å². The van der Waals surface area contributed by atoms with Gasteiger partial charge in [-0.1, -0.05) is 18.2 Å². The van der Waals surface area contributed by atoms with Crippen LogP contribution in [-0.2, 0) is 9.59 Å². The Kier molecular flexibility index (Phi) is 4.69. The molecule has 1 saturated heterocycles. The Labute approximate surface area is 138 Å². The fraction of sp³-hybridized carbons (Fsp3) is 0.235. The summed E-state index contributed by atoms with van der Waals surface area (Å²) in [6.45, 7) is 1.68. The normalized spacial score (nSPS) is 14.4. The summed E-state index contributed by atoms with van der Waals surface area (Å²) in [4.78, 5) is 31.5. The van der Waals surface area contributed by atoms with E-state index in [1.807, 2.05) is 4.90 Å². The van der Waals surface area contributed by atoms with Gasteiger partial charge in [-0.25, -0.2) is 9.37 Å². The molecule has 0 bridgehead atoms. The lowest BCUT2D eigenvalue weighted by molar-refractivity contribution is -0.143. The van der Waals surface area contributed by atoms with E-state index in [0.29, 0.717) is 37.7 Å². The summed E-state index contributed by atoms with van der Waals surface area (Å²) < 4.78 is 13.8. The molecular weight excluding hydrogens is 311 g/mol. The fourth-order valence-corrected chi connectivity index (χ4v) is 2.61. The number of pyridine rings is 1. The number of anilines is 2. The number of carbonyl (C=O) groups excluding carboxylic acids is 2. The number of rotatable bonds is 2. The second kappa shape index (κ2) is 7.08. The molecule has 0 radical (unpaired) electrons. The van der Waals surface area contributed by atoms with Gasteiger partial charge in [0.15, 0.2) is 0 Å². The van der Waals surface area contributed by atoms with Crippen molar-refractivity contribution in [2.75, 3.05) is 36.4 Å². The number of piperazine rings is 1. The summed E-state index contributed by atoms with van der Waals surface area (Å²) >= 11 is 0. The van der Waals surface area contributed by atoms with E-state index in [0.717, 1.165) is 0 Å². The maximum absolute atomic E-state index is 13.8. The standard InChI is InChI=1S/C17H17FN4O2/c18-13-5-1-2-6-14(13)21-9-11-22(12-10-21)17(24)16(23)20-15-7-3-4-8-19-15/h1-8H,9-12H2,(H,19,20,23). The molecule has 1 aliphatic rings. The number of para-hydroxylation sites is 1. The van der Waals surface area contributed by atoms with Gasteiger partial charge in [-0.3, -0.25) is 9.59 Å². The van der Waals surface area contributed by atoms with Crippen molar-refractivity contribution >= 4 is 23.3 Å². The average molecular weight is 328 g/mol. The molecule has 0 unspecified atom stereocenters. The molecule has 1 aromatic carbocycles. The van der Waals surface area contributed by atoms with E-state index in [1.165, 1.54) is 17.2 Å². The largest absolute Gasteiger partial charge is 0.366 e. The van der Waals surface area contributed by atoms with Gasteiger partial charge in [-0.05, 0) is 24.3 Å². The third-order valence-electron chi connectivity index (χ3n) is 3.86. The van der Waals surface area contributed by atoms with Crippen molar-refractivity contribution < 1.29 is 14.0 Å². The van der Waals surface area contributed by atoms with E-state index in [2.05, 4.69) is 10.3 Å². The highest BCUT2D eigenvalue weighted by atomic mass is 19.1. The van der Waals surface area contributed by atoms with Gasteiger partial charge < -0.3 is 15.1 Å². The van der Waals surface area contributed by atoms with Crippen LogP contribution in [0.5, 0.6) is 0 Å². The summed E-state index contributed by atoms with van der Waals surface area (Å²) in [6, 6.07) is 11.6. The molecule has 0 spiro atoms. The van der Waals surface area contributed by atoms with Crippen LogP contribution in [-0.4, -0.2) is 47.9 Å². The number of nitrogens with one attached hydrogen (secondary N) is 1. The summed E-state index contributed by atoms with van der Waals surface area (Å²) in [7, 11) is 0. The van der Waals surface area contributed by atoms with Crippen LogP contribution >= 0.6 is 0 Å². The number of halogens is 1. The average Bonchev–Trinajstić information content (AvgIpc) is 2.62. The maximum atomic E-state index is 13.8. The highest BCUT2D eigenvalue weighted by Gasteiger charge is 2.27. The van der Waals surface area contributed by atoms with Gasteiger partial charge in [0.25, 0.3) is 0 Å². The molecule has 1 aliphatic heterocycles. The van der Waals surface area contributed by atoms with Crippen LogP contribution in [0, 0.1) is 5.82 Å². The van der Waals surface area contributed by atoms with Crippen molar-refractivity contribution in [3.63, 3.8) is 0 Å². The number of amides is 2. The van der Waals surface area contributed by atoms with E-state index in [1.54, 1.807) is 36.4 Å². The minimum atomic E-state index is -0.715. The molecule has 2 aromatic rings. The molecular formula is C17H17FN4O2. The molecule has 0 saturated carbocycles. The molecule has 0 aliphatic carbocycles. The van der Waals surface area contributed by atoms with Gasteiger partial charge in [-0.2, -0.15) is 0 Å². The Morgan fingerprint density at radius 3 is 2.38 bits per heavy atom. The lowest BCUT2D eigenvalue weighted by Crippen LogP contribution is -2.51. The lowest BCUT2D eigenvalue weighted by atomic mass is 10.2. The number of aromatic nitrogens is 1. The monoisotopic (exact) mass is 328 g/mol. The Morgan fingerprint density at radius 2 is 1.71 bits per heavy atom. The molecule has 1 N–H and O–H groups in total. The van der Waals surface area contributed by atoms with Crippen molar-refractivity contribution in [2.24, 2.45) is 0 Å². The number of hydrogen-bond donors (Lipinski definition) is 1. The molecule has 7 heteroatoms. The van der Waals surface area contributed by atoms with Crippen LogP contribution in [0.15, 0.2) is 48.7 Å². The van der Waals surface area contributed by atoms with Crippen LogP contribution in [0.3, 0.4) is 0 Å². The SMILES string of the molecule is O=C(Nc1ccccn1)C(=O)N1CCN(c2ccccc2F)CC1. The van der Waals surface area contributed by atoms with Gasteiger partial charge in [0.2, 0.25) is 0 Å². The Balaban J connectivity index is 1.57. The Hall–Kier alpha value is -2.96. The van der Waals surface area contributed by atoms with Gasteiger partial charge in [0, 0.05) is 32.4 Å². The highest BCUT2D eigenvalue weighted by Crippen LogP contribution is 2.20.